The number of hydrogen-bond donors (Lipinski definition) is 0. The molecule has 0 saturated carbocycles. The lowest BCUT2D eigenvalue weighted by atomic mass is 10.0. The summed E-state index contributed by atoms with van der Waals surface area (Å²) >= 11 is 0. The van der Waals surface area contributed by atoms with E-state index in [-0.39, 0.29) is 0 Å². The lowest BCUT2D eigenvalue weighted by molar-refractivity contribution is 0.668. The third-order valence-corrected chi connectivity index (χ3v) is 12.6. The highest BCUT2D eigenvalue weighted by atomic mass is 16.3. The van der Waals surface area contributed by atoms with E-state index in [0.29, 0.717) is 17.6 Å². The molecule has 9 aromatic carbocycles. The van der Waals surface area contributed by atoms with Crippen LogP contribution >= 0.6 is 0 Å². The van der Waals surface area contributed by atoms with Crippen LogP contribution in [-0.2, 0) is 0 Å². The first-order chi connectivity index (χ1) is 30.7. The van der Waals surface area contributed by atoms with Gasteiger partial charge >= 0.3 is 0 Å². The fraction of sp³-hybridized carbons (Fsp3) is 0. The van der Waals surface area contributed by atoms with Gasteiger partial charge in [0.05, 0.1) is 33.3 Å². The molecule has 0 saturated heterocycles. The van der Waals surface area contributed by atoms with Crippen molar-refractivity contribution in [3.8, 4) is 34.4 Å². The van der Waals surface area contributed by atoms with Crippen molar-refractivity contribution < 1.29 is 8.83 Å². The van der Waals surface area contributed by atoms with Crippen molar-refractivity contribution in [3.05, 3.63) is 188 Å². The van der Waals surface area contributed by atoms with Crippen LogP contribution < -0.4 is 0 Å². The lowest BCUT2D eigenvalue weighted by Crippen LogP contribution is -2.08. The Bertz CT molecular complexity index is 4130. The Hall–Kier alpha value is -8.55. The minimum Gasteiger partial charge on any atom is -0.456 e. The van der Waals surface area contributed by atoms with E-state index in [1.54, 1.807) is 0 Å². The molecule has 0 aliphatic carbocycles. The molecule has 5 heterocycles. The van der Waals surface area contributed by atoms with E-state index in [0.717, 1.165) is 110 Å². The van der Waals surface area contributed by atoms with E-state index in [1.807, 2.05) is 36.4 Å². The maximum Gasteiger partial charge on any atom is 0.238 e. The molecule has 0 amide bonds. The molecule has 5 aromatic heterocycles. The third kappa shape index (κ3) is 4.67. The summed E-state index contributed by atoms with van der Waals surface area (Å²) in [6.45, 7) is 0. The minimum absolute atomic E-state index is 0.506. The summed E-state index contributed by atoms with van der Waals surface area (Å²) in [5.41, 5.74) is 9.79. The number of para-hydroxylation sites is 6. The van der Waals surface area contributed by atoms with Crippen molar-refractivity contribution in [2.45, 2.75) is 0 Å². The van der Waals surface area contributed by atoms with Gasteiger partial charge in [0, 0.05) is 54.7 Å². The summed E-state index contributed by atoms with van der Waals surface area (Å²) < 4.78 is 17.8. The van der Waals surface area contributed by atoms with Crippen molar-refractivity contribution in [1.29, 1.82) is 0 Å². The van der Waals surface area contributed by atoms with E-state index in [1.165, 1.54) is 5.39 Å². The van der Waals surface area contributed by atoms with Crippen LogP contribution in [0, 0.1) is 0 Å². The zero-order chi connectivity index (χ0) is 40.5. The zero-order valence-electron chi connectivity index (χ0n) is 33.0. The van der Waals surface area contributed by atoms with Gasteiger partial charge in [0.15, 0.2) is 11.6 Å². The average Bonchev–Trinajstić information content (AvgIpc) is 4.07. The van der Waals surface area contributed by atoms with Gasteiger partial charge in [-0.15, -0.1) is 0 Å². The molecular weight excluding hydrogens is 763 g/mol. The first-order valence-corrected chi connectivity index (χ1v) is 20.8. The fourth-order valence-corrected chi connectivity index (χ4v) is 9.81. The number of furan rings is 2. The Balaban J connectivity index is 1.14. The lowest BCUT2D eigenvalue weighted by Gasteiger charge is -2.16. The Morgan fingerprint density at radius 3 is 1.56 bits per heavy atom. The molecule has 0 N–H and O–H groups in total. The first-order valence-electron chi connectivity index (χ1n) is 20.8. The van der Waals surface area contributed by atoms with Crippen molar-refractivity contribution in [2.24, 2.45) is 0 Å². The van der Waals surface area contributed by atoms with E-state index in [2.05, 4.69) is 161 Å². The van der Waals surface area contributed by atoms with Crippen molar-refractivity contribution in [3.63, 3.8) is 0 Å². The summed E-state index contributed by atoms with van der Waals surface area (Å²) in [5.74, 6) is 1.54. The monoisotopic (exact) mass is 793 g/mol. The van der Waals surface area contributed by atoms with Gasteiger partial charge in [-0.2, -0.15) is 9.97 Å². The molecule has 0 aliphatic heterocycles. The van der Waals surface area contributed by atoms with Crippen LogP contribution in [0.3, 0.4) is 0 Å². The van der Waals surface area contributed by atoms with Crippen LogP contribution in [0.2, 0.25) is 0 Å². The normalized spacial score (nSPS) is 12.2. The SMILES string of the molecule is c1ccc2cc3c(cc2c1)c1ccccc1n3-c1cc2oc3ccccc3c2cc1-c1nc(-c2cccc3c2oc2ccccc23)nc(-n2c3ccccc3c3ccccc32)n1. The van der Waals surface area contributed by atoms with Crippen LogP contribution in [-0.4, -0.2) is 24.1 Å². The number of rotatable bonds is 4. The standard InChI is InChI=1S/C55H31N5O2/c1-2-15-33-29-47-41(28-32(33)14-1)36-18-5-8-23-44(36)59(47)48-31-51-42(38-20-7-11-26-49(38)61-51)30-43(48)54-56-53(40-22-13-21-39-37-19-6-12-27-50(37)62-52(39)40)57-55(58-54)60-45-24-9-3-16-34(45)35-17-4-10-25-46(35)60/h1-31H. The third-order valence-electron chi connectivity index (χ3n) is 12.6. The molecule has 14 aromatic rings. The Morgan fingerprint density at radius 1 is 0.323 bits per heavy atom. The second kappa shape index (κ2) is 12.5. The summed E-state index contributed by atoms with van der Waals surface area (Å²) in [6.07, 6.45) is 0. The maximum atomic E-state index is 6.64. The molecule has 0 radical (unpaired) electrons. The smallest absolute Gasteiger partial charge is 0.238 e. The molecule has 0 bridgehead atoms. The number of hydrogen-bond acceptors (Lipinski definition) is 5. The van der Waals surface area contributed by atoms with Crippen molar-refractivity contribution in [2.75, 3.05) is 0 Å². The van der Waals surface area contributed by atoms with Crippen LogP contribution in [0.1, 0.15) is 0 Å². The Labute approximate surface area is 352 Å². The second-order valence-corrected chi connectivity index (χ2v) is 16.0. The molecule has 7 heteroatoms. The van der Waals surface area contributed by atoms with Crippen molar-refractivity contribution in [1.82, 2.24) is 24.1 Å². The van der Waals surface area contributed by atoms with Gasteiger partial charge in [-0.25, -0.2) is 4.98 Å². The van der Waals surface area contributed by atoms with Gasteiger partial charge < -0.3 is 13.4 Å². The highest BCUT2D eigenvalue weighted by molar-refractivity contribution is 6.15. The van der Waals surface area contributed by atoms with Gasteiger partial charge in [-0.1, -0.05) is 127 Å². The molecule has 0 fully saturated rings. The van der Waals surface area contributed by atoms with Gasteiger partial charge in [0.2, 0.25) is 5.95 Å². The predicted molar refractivity (Wildman–Crippen MR) is 251 cm³/mol. The quantitative estimate of drug-likeness (QED) is 0.177. The molecule has 0 spiro atoms. The van der Waals surface area contributed by atoms with E-state index >= 15 is 0 Å². The zero-order valence-corrected chi connectivity index (χ0v) is 33.0. The molecule has 0 unspecified atom stereocenters. The number of nitrogens with zero attached hydrogens (tertiary/aromatic N) is 5. The van der Waals surface area contributed by atoms with Crippen LogP contribution in [0.15, 0.2) is 197 Å². The van der Waals surface area contributed by atoms with Gasteiger partial charge in [0.25, 0.3) is 0 Å². The molecule has 62 heavy (non-hydrogen) atoms. The second-order valence-electron chi connectivity index (χ2n) is 16.0. The maximum absolute atomic E-state index is 6.64. The highest BCUT2D eigenvalue weighted by Gasteiger charge is 2.25. The van der Waals surface area contributed by atoms with Crippen LogP contribution in [0.4, 0.5) is 0 Å². The topological polar surface area (TPSA) is 74.8 Å². The highest BCUT2D eigenvalue weighted by Crippen LogP contribution is 2.43. The largest absolute Gasteiger partial charge is 0.456 e. The number of aromatic nitrogens is 5. The summed E-state index contributed by atoms with van der Waals surface area (Å²) in [4.78, 5) is 16.4. The Morgan fingerprint density at radius 2 is 0.855 bits per heavy atom. The molecule has 7 nitrogen and oxygen atoms in total. The van der Waals surface area contributed by atoms with Gasteiger partial charge in [-0.3, -0.25) is 4.57 Å². The predicted octanol–water partition coefficient (Wildman–Crippen LogP) is 14.4. The van der Waals surface area contributed by atoms with Crippen LogP contribution in [0.25, 0.3) is 133 Å². The number of fused-ring (bicyclic) bond motifs is 13. The molecule has 14 rings (SSSR count). The molecular formula is C55H31N5O2. The Kier molecular flexibility index (Phi) is 6.71. The van der Waals surface area contributed by atoms with E-state index in [4.69, 9.17) is 23.8 Å². The van der Waals surface area contributed by atoms with E-state index < -0.39 is 0 Å². The fourth-order valence-electron chi connectivity index (χ4n) is 9.81. The van der Waals surface area contributed by atoms with Crippen molar-refractivity contribution >= 4 is 98.3 Å². The first kappa shape index (κ1) is 33.3. The molecule has 0 atom stereocenters. The summed E-state index contributed by atoms with van der Waals surface area (Å²) in [7, 11) is 0. The summed E-state index contributed by atoms with van der Waals surface area (Å²) in [5, 5.41) is 10.9. The van der Waals surface area contributed by atoms with E-state index in [9.17, 15) is 0 Å². The molecule has 0 aliphatic rings. The van der Waals surface area contributed by atoms with Crippen LogP contribution in [0.5, 0.6) is 0 Å². The molecule has 288 valence electrons. The minimum atomic E-state index is 0.506. The van der Waals surface area contributed by atoms with Gasteiger partial charge in [0.1, 0.15) is 22.3 Å². The number of benzene rings is 9. The summed E-state index contributed by atoms with van der Waals surface area (Å²) in [6, 6.07) is 65.6. The van der Waals surface area contributed by atoms with Gasteiger partial charge in [-0.05, 0) is 65.4 Å². The average molecular weight is 794 g/mol.